The molecule has 0 aromatic rings. The highest BCUT2D eigenvalue weighted by molar-refractivity contribution is 5.69. The number of aliphatic hydroxyl groups excluding tert-OH is 1. The Morgan fingerprint density at radius 1 is 0.477 bits per heavy atom. The molecule has 0 amide bonds. The molecule has 0 radical (unpaired) electrons. The van der Waals surface area contributed by atoms with E-state index in [2.05, 4.69) is 20.8 Å². The Bertz CT molecular complexity index is 607. The fraction of sp³-hybridized carbons (Fsp3) is 0.949. The summed E-state index contributed by atoms with van der Waals surface area (Å²) in [6.07, 6.45) is 35.8. The highest BCUT2D eigenvalue weighted by Gasteiger charge is 2.12. The quantitative estimate of drug-likeness (QED) is 0.0561. The lowest BCUT2D eigenvalue weighted by atomic mass is 9.99. The molecule has 0 heterocycles. The van der Waals surface area contributed by atoms with Crippen molar-refractivity contribution in [3.8, 4) is 0 Å². The molecule has 1 N–H and O–H groups in total. The van der Waals surface area contributed by atoms with E-state index in [1.165, 1.54) is 154 Å². The molecule has 0 aliphatic heterocycles. The van der Waals surface area contributed by atoms with Crippen LogP contribution in [0.2, 0.25) is 0 Å². The molecule has 1 unspecified atom stereocenters. The zero-order valence-electron chi connectivity index (χ0n) is 29.9. The van der Waals surface area contributed by atoms with E-state index < -0.39 is 6.10 Å². The largest absolute Gasteiger partial charge is 0.463 e. The van der Waals surface area contributed by atoms with Crippen molar-refractivity contribution in [3.63, 3.8) is 0 Å². The van der Waals surface area contributed by atoms with E-state index in [0.717, 1.165) is 31.6 Å². The van der Waals surface area contributed by atoms with Gasteiger partial charge in [0.05, 0.1) is 0 Å². The van der Waals surface area contributed by atoms with Gasteiger partial charge in [-0.25, -0.2) is 0 Å². The van der Waals surface area contributed by atoms with Crippen LogP contribution in [0, 0.1) is 5.92 Å². The SMILES string of the molecule is CCCCCCCCCCCCCCC(=O)OC[C@H](O)COC(=O)CCCCCCCCCCCCCCCCC(C)CC. The van der Waals surface area contributed by atoms with Gasteiger partial charge in [-0.3, -0.25) is 9.59 Å². The van der Waals surface area contributed by atoms with E-state index in [9.17, 15) is 14.7 Å². The average molecular weight is 625 g/mol. The van der Waals surface area contributed by atoms with Gasteiger partial charge in [-0.15, -0.1) is 0 Å². The van der Waals surface area contributed by atoms with Crippen LogP contribution < -0.4 is 0 Å². The highest BCUT2D eigenvalue weighted by atomic mass is 16.6. The lowest BCUT2D eigenvalue weighted by Crippen LogP contribution is -2.25. The van der Waals surface area contributed by atoms with E-state index in [0.29, 0.717) is 12.8 Å². The summed E-state index contributed by atoms with van der Waals surface area (Å²) in [6, 6.07) is 0. The first-order valence-corrected chi connectivity index (χ1v) is 19.5. The van der Waals surface area contributed by atoms with Crippen molar-refractivity contribution >= 4 is 11.9 Å². The zero-order valence-corrected chi connectivity index (χ0v) is 29.9. The van der Waals surface area contributed by atoms with Crippen LogP contribution in [0.25, 0.3) is 0 Å². The smallest absolute Gasteiger partial charge is 0.305 e. The third-order valence-electron chi connectivity index (χ3n) is 9.13. The van der Waals surface area contributed by atoms with Crippen molar-refractivity contribution in [2.75, 3.05) is 13.2 Å². The van der Waals surface area contributed by atoms with Crippen LogP contribution in [0.1, 0.15) is 213 Å². The molecule has 0 rings (SSSR count). The van der Waals surface area contributed by atoms with Crippen molar-refractivity contribution in [2.45, 2.75) is 219 Å². The second kappa shape index (κ2) is 34.8. The van der Waals surface area contributed by atoms with Crippen LogP contribution in [0.15, 0.2) is 0 Å². The average Bonchev–Trinajstić information content (AvgIpc) is 3.02. The minimum Gasteiger partial charge on any atom is -0.463 e. The van der Waals surface area contributed by atoms with Gasteiger partial charge in [0.1, 0.15) is 19.3 Å². The van der Waals surface area contributed by atoms with Crippen molar-refractivity contribution in [2.24, 2.45) is 5.92 Å². The predicted molar refractivity (Wildman–Crippen MR) is 187 cm³/mol. The van der Waals surface area contributed by atoms with Gasteiger partial charge in [-0.05, 0) is 18.8 Å². The van der Waals surface area contributed by atoms with E-state index in [1.54, 1.807) is 0 Å². The minimum atomic E-state index is -0.954. The van der Waals surface area contributed by atoms with Gasteiger partial charge in [0.15, 0.2) is 0 Å². The number of hydrogen-bond donors (Lipinski definition) is 1. The summed E-state index contributed by atoms with van der Waals surface area (Å²) in [5, 5.41) is 9.99. The Kier molecular flexibility index (Phi) is 33.9. The molecule has 44 heavy (non-hydrogen) atoms. The number of carbonyl (C=O) groups excluding carboxylic acids is 2. The van der Waals surface area contributed by atoms with Gasteiger partial charge >= 0.3 is 11.9 Å². The Morgan fingerprint density at radius 3 is 1.09 bits per heavy atom. The number of aliphatic hydroxyl groups is 1. The molecular weight excluding hydrogens is 548 g/mol. The molecule has 262 valence electrons. The molecule has 0 aromatic heterocycles. The van der Waals surface area contributed by atoms with Gasteiger partial charge in [0.25, 0.3) is 0 Å². The molecule has 0 saturated carbocycles. The number of rotatable bonds is 35. The number of esters is 2. The first-order valence-electron chi connectivity index (χ1n) is 19.5. The first-order chi connectivity index (χ1) is 21.5. The monoisotopic (exact) mass is 625 g/mol. The molecule has 0 aliphatic carbocycles. The molecule has 0 saturated heterocycles. The summed E-state index contributed by atoms with van der Waals surface area (Å²) < 4.78 is 10.3. The molecule has 0 aromatic carbocycles. The molecule has 0 bridgehead atoms. The van der Waals surface area contributed by atoms with E-state index in [1.807, 2.05) is 0 Å². The number of unbranched alkanes of at least 4 members (excludes halogenated alkanes) is 24. The van der Waals surface area contributed by atoms with Crippen molar-refractivity contribution in [1.29, 1.82) is 0 Å². The fourth-order valence-corrected chi connectivity index (χ4v) is 5.77. The van der Waals surface area contributed by atoms with Gasteiger partial charge in [0.2, 0.25) is 0 Å². The molecule has 5 heteroatoms. The Morgan fingerprint density at radius 2 is 0.773 bits per heavy atom. The third kappa shape index (κ3) is 33.8. The second-order valence-corrected chi connectivity index (χ2v) is 13.7. The van der Waals surface area contributed by atoms with E-state index in [4.69, 9.17) is 9.47 Å². The van der Waals surface area contributed by atoms with Crippen molar-refractivity contribution < 1.29 is 24.2 Å². The Balaban J connectivity index is 3.38. The van der Waals surface area contributed by atoms with Gasteiger partial charge in [-0.1, -0.05) is 188 Å². The number of carbonyl (C=O) groups is 2. The lowest BCUT2D eigenvalue weighted by molar-refractivity contribution is -0.152. The van der Waals surface area contributed by atoms with Crippen LogP contribution in [0.5, 0.6) is 0 Å². The molecular formula is C39H76O5. The molecule has 0 spiro atoms. The van der Waals surface area contributed by atoms with Gasteiger partial charge in [0, 0.05) is 12.8 Å². The van der Waals surface area contributed by atoms with Crippen molar-refractivity contribution in [1.82, 2.24) is 0 Å². The summed E-state index contributed by atoms with van der Waals surface area (Å²) in [6.45, 7) is 6.70. The first kappa shape index (κ1) is 42.9. The molecule has 0 aliphatic rings. The standard InChI is InChI=1S/C39H76O5/c1-4-6-7-8-9-10-11-17-20-23-26-29-32-38(41)43-34-37(40)35-44-39(42)33-30-27-24-21-18-15-13-12-14-16-19-22-25-28-31-36(3)5-2/h36-37,40H,4-35H2,1-3H3/t36?,37-/m0/s1. The Hall–Kier alpha value is -1.10. The minimum absolute atomic E-state index is 0.108. The third-order valence-corrected chi connectivity index (χ3v) is 9.13. The topological polar surface area (TPSA) is 72.8 Å². The molecule has 2 atom stereocenters. The lowest BCUT2D eigenvalue weighted by Gasteiger charge is -2.12. The van der Waals surface area contributed by atoms with Crippen molar-refractivity contribution in [3.05, 3.63) is 0 Å². The predicted octanol–water partition coefficient (Wildman–Crippen LogP) is 11.8. The number of hydrogen-bond acceptors (Lipinski definition) is 5. The maximum atomic E-state index is 12.0. The summed E-state index contributed by atoms with van der Waals surface area (Å²) in [5.41, 5.74) is 0. The van der Waals surface area contributed by atoms with Crippen LogP contribution in [-0.2, 0) is 19.1 Å². The van der Waals surface area contributed by atoms with Crippen LogP contribution in [0.3, 0.4) is 0 Å². The number of ether oxygens (including phenoxy) is 2. The van der Waals surface area contributed by atoms with Crippen LogP contribution in [-0.4, -0.2) is 36.4 Å². The van der Waals surface area contributed by atoms with E-state index in [-0.39, 0.29) is 25.2 Å². The van der Waals surface area contributed by atoms with Crippen LogP contribution >= 0.6 is 0 Å². The van der Waals surface area contributed by atoms with Crippen LogP contribution in [0.4, 0.5) is 0 Å². The maximum Gasteiger partial charge on any atom is 0.305 e. The molecule has 5 nitrogen and oxygen atoms in total. The van der Waals surface area contributed by atoms with E-state index >= 15 is 0 Å². The fourth-order valence-electron chi connectivity index (χ4n) is 5.77. The van der Waals surface area contributed by atoms with Gasteiger partial charge in [-0.2, -0.15) is 0 Å². The Labute approximate surface area is 274 Å². The van der Waals surface area contributed by atoms with Gasteiger partial charge < -0.3 is 14.6 Å². The summed E-state index contributed by atoms with van der Waals surface area (Å²) in [5.74, 6) is 0.351. The highest BCUT2D eigenvalue weighted by Crippen LogP contribution is 2.16. The normalized spacial score (nSPS) is 12.7. The summed E-state index contributed by atoms with van der Waals surface area (Å²) >= 11 is 0. The summed E-state index contributed by atoms with van der Waals surface area (Å²) in [7, 11) is 0. The maximum absolute atomic E-state index is 12.0. The summed E-state index contributed by atoms with van der Waals surface area (Å²) in [4.78, 5) is 23.9. The zero-order chi connectivity index (χ0) is 32.4. The molecule has 0 fully saturated rings. The second-order valence-electron chi connectivity index (χ2n) is 13.7.